The summed E-state index contributed by atoms with van der Waals surface area (Å²) in [6.45, 7) is 0. The maximum Gasteiger partial charge on any atom is 0.102 e. The molecule has 4 aromatic heterocycles. The van der Waals surface area contributed by atoms with E-state index in [1.165, 1.54) is 32.9 Å². The minimum atomic E-state index is 0.416. The molecule has 0 N–H and O–H groups in total. The van der Waals surface area contributed by atoms with Crippen LogP contribution in [0.1, 0.15) is 28.8 Å². The number of benzene rings is 12. The molecular formula is C80H50N6. The van der Waals surface area contributed by atoms with Gasteiger partial charge in [0.25, 0.3) is 0 Å². The van der Waals surface area contributed by atoms with Gasteiger partial charge < -0.3 is 18.3 Å². The number of nitrogens with zero attached hydrogens (tertiary/aromatic N) is 6. The molecule has 0 saturated heterocycles. The van der Waals surface area contributed by atoms with Crippen molar-refractivity contribution < 1.29 is 0 Å². The molecule has 1 aliphatic rings. The predicted molar refractivity (Wildman–Crippen MR) is 355 cm³/mol. The highest BCUT2D eigenvalue weighted by atomic mass is 15.0. The number of hydrogen-bond acceptors (Lipinski definition) is 2. The van der Waals surface area contributed by atoms with E-state index in [-0.39, 0.29) is 0 Å². The summed E-state index contributed by atoms with van der Waals surface area (Å²) in [7, 11) is 0. The van der Waals surface area contributed by atoms with Gasteiger partial charge in [-0.1, -0.05) is 182 Å². The molecule has 0 unspecified atom stereocenters. The summed E-state index contributed by atoms with van der Waals surface area (Å²) < 4.78 is 9.35. The molecule has 0 amide bonds. The van der Waals surface area contributed by atoms with Gasteiger partial charge in [-0.2, -0.15) is 10.5 Å². The van der Waals surface area contributed by atoms with Crippen LogP contribution in [-0.4, -0.2) is 18.3 Å². The lowest BCUT2D eigenvalue weighted by Gasteiger charge is -2.25. The van der Waals surface area contributed by atoms with E-state index in [0.29, 0.717) is 28.1 Å². The van der Waals surface area contributed by atoms with Crippen LogP contribution in [0.25, 0.3) is 150 Å². The first-order chi connectivity index (χ1) is 42.6. The van der Waals surface area contributed by atoms with E-state index >= 15 is 0 Å². The molecule has 6 nitrogen and oxygen atoms in total. The van der Waals surface area contributed by atoms with Gasteiger partial charge in [-0.25, -0.2) is 0 Å². The molecule has 0 radical (unpaired) electrons. The number of fused-ring (bicyclic) bond motifs is 12. The summed E-state index contributed by atoms with van der Waals surface area (Å²) in [5, 5.41) is 31.9. The minimum Gasteiger partial charge on any atom is -0.310 e. The molecule has 86 heavy (non-hydrogen) atoms. The van der Waals surface area contributed by atoms with Gasteiger partial charge in [0, 0.05) is 65.9 Å². The van der Waals surface area contributed by atoms with Gasteiger partial charge in [-0.3, -0.25) is 0 Å². The molecule has 0 saturated carbocycles. The van der Waals surface area contributed by atoms with E-state index in [1.807, 2.05) is 36.4 Å². The zero-order chi connectivity index (χ0) is 57.0. The van der Waals surface area contributed by atoms with Gasteiger partial charge in [-0.15, -0.1) is 0 Å². The van der Waals surface area contributed by atoms with Crippen LogP contribution in [0.2, 0.25) is 0 Å². The molecule has 400 valence electrons. The average Bonchev–Trinajstić information content (AvgIpc) is 1.57. The molecule has 16 aromatic rings. The Labute approximate surface area is 496 Å². The highest BCUT2D eigenvalue weighted by Crippen LogP contribution is 2.50. The van der Waals surface area contributed by atoms with Gasteiger partial charge in [0.2, 0.25) is 0 Å². The SMILES string of the molecule is N#Cc1c(-c2ccccc2)c(C#N)c(-n2c3ccccc3c3cc(-c4ccc5c(c4)c4ccccc4n5-c4ccccc4)ccc32)c(-c2ccccc2)c1-n1c2ccccc2c2cc(-c3ccc4c(c3)c3c(n4-c4ccccc4)C=CCC3)ccc21. The third-order valence-corrected chi connectivity index (χ3v) is 17.9. The zero-order valence-corrected chi connectivity index (χ0v) is 46.7. The van der Waals surface area contributed by atoms with Crippen LogP contribution < -0.4 is 0 Å². The van der Waals surface area contributed by atoms with E-state index in [1.54, 1.807) is 0 Å². The van der Waals surface area contributed by atoms with Crippen molar-refractivity contribution in [2.75, 3.05) is 0 Å². The number of para-hydroxylation sites is 5. The van der Waals surface area contributed by atoms with Crippen molar-refractivity contribution in [3.8, 4) is 79.4 Å². The number of nitriles is 2. The molecule has 0 aliphatic heterocycles. The van der Waals surface area contributed by atoms with Crippen molar-refractivity contribution in [1.29, 1.82) is 10.5 Å². The first-order valence-electron chi connectivity index (χ1n) is 29.3. The first-order valence-corrected chi connectivity index (χ1v) is 29.3. The summed E-state index contributed by atoms with van der Waals surface area (Å²) in [4.78, 5) is 0. The Bertz CT molecular complexity index is 5590. The quantitative estimate of drug-likeness (QED) is 0.152. The molecular weight excluding hydrogens is 1040 g/mol. The second-order valence-electron chi connectivity index (χ2n) is 22.4. The number of aryl methyl sites for hydroxylation is 1. The fourth-order valence-corrected chi connectivity index (χ4v) is 14.2. The molecule has 4 heterocycles. The molecule has 12 aromatic carbocycles. The topological polar surface area (TPSA) is 67.3 Å². The van der Waals surface area contributed by atoms with E-state index in [2.05, 4.69) is 273 Å². The number of hydrogen-bond donors (Lipinski definition) is 0. The van der Waals surface area contributed by atoms with Crippen LogP contribution >= 0.6 is 0 Å². The summed E-state index contributed by atoms with van der Waals surface area (Å²) >= 11 is 0. The summed E-state index contributed by atoms with van der Waals surface area (Å²) in [5.41, 5.74) is 21.9. The minimum absolute atomic E-state index is 0.416. The Morgan fingerprint density at radius 2 is 0.640 bits per heavy atom. The third kappa shape index (κ3) is 7.31. The molecule has 0 bridgehead atoms. The van der Waals surface area contributed by atoms with Gasteiger partial charge in [0.1, 0.15) is 12.1 Å². The van der Waals surface area contributed by atoms with Crippen LogP contribution in [0.3, 0.4) is 0 Å². The zero-order valence-electron chi connectivity index (χ0n) is 46.7. The maximum atomic E-state index is 12.0. The fourth-order valence-electron chi connectivity index (χ4n) is 14.2. The number of aromatic nitrogens is 4. The summed E-state index contributed by atoms with van der Waals surface area (Å²) in [6, 6.07) is 100. The van der Waals surface area contributed by atoms with E-state index in [4.69, 9.17) is 0 Å². The fraction of sp³-hybridized carbons (Fsp3) is 0.0250. The Kier molecular flexibility index (Phi) is 11.1. The Balaban J connectivity index is 0.923. The smallest absolute Gasteiger partial charge is 0.102 e. The Morgan fingerprint density at radius 3 is 1.09 bits per heavy atom. The van der Waals surface area contributed by atoms with Crippen molar-refractivity contribution in [2.45, 2.75) is 12.8 Å². The Hall–Kier alpha value is -11.7. The monoisotopic (exact) mass is 1090 g/mol. The second kappa shape index (κ2) is 19.5. The van der Waals surface area contributed by atoms with E-state index < -0.39 is 0 Å². The predicted octanol–water partition coefficient (Wildman–Crippen LogP) is 20.3. The number of allylic oxidation sites excluding steroid dienone is 1. The lowest BCUT2D eigenvalue weighted by atomic mass is 9.86. The largest absolute Gasteiger partial charge is 0.310 e. The normalized spacial score (nSPS) is 12.3. The summed E-state index contributed by atoms with van der Waals surface area (Å²) in [5.74, 6) is 0. The third-order valence-electron chi connectivity index (χ3n) is 17.9. The molecule has 1 aliphatic carbocycles. The second-order valence-corrected chi connectivity index (χ2v) is 22.4. The number of rotatable bonds is 8. The lowest BCUT2D eigenvalue weighted by molar-refractivity contribution is 0.967. The van der Waals surface area contributed by atoms with Crippen LogP contribution in [0.15, 0.2) is 273 Å². The maximum absolute atomic E-state index is 12.0. The van der Waals surface area contributed by atoms with E-state index in [9.17, 15) is 10.5 Å². The van der Waals surface area contributed by atoms with Crippen molar-refractivity contribution in [3.05, 3.63) is 295 Å². The van der Waals surface area contributed by atoms with Crippen molar-refractivity contribution in [1.82, 2.24) is 18.3 Å². The summed E-state index contributed by atoms with van der Waals surface area (Å²) in [6.07, 6.45) is 6.57. The van der Waals surface area contributed by atoms with Gasteiger partial charge in [0.15, 0.2) is 0 Å². The highest BCUT2D eigenvalue weighted by molar-refractivity contribution is 6.16. The van der Waals surface area contributed by atoms with Crippen LogP contribution in [-0.2, 0) is 6.42 Å². The standard InChI is InChI=1S/C80H50N6/c81-49-67-77(51-21-5-1-6-22-51)68(50-82)80(86-72-36-20-16-32-62(72)66-48-56(40-44-76(66)86)54-38-42-74-64(46-54)60-30-14-18-34-70(60)84(74)58-27-11-4-12-28-58)78(52-23-7-2-8-24-52)79(67)85-71-35-19-15-31-61(71)65-47-55(39-43-75(65)85)53-37-41-73-63(45-53)59-29-13-17-33-69(59)83(73)57-25-9-3-10-26-57/h1-13,15-29,31-48H,14,30H2. The average molecular weight is 1100 g/mol. The first kappa shape index (κ1) is 49.0. The Morgan fingerprint density at radius 1 is 0.291 bits per heavy atom. The van der Waals surface area contributed by atoms with Gasteiger partial charge in [0.05, 0.1) is 61.1 Å². The lowest BCUT2D eigenvalue weighted by Crippen LogP contribution is -2.11. The van der Waals surface area contributed by atoms with E-state index in [0.717, 1.165) is 118 Å². The molecule has 0 spiro atoms. The van der Waals surface area contributed by atoms with Crippen LogP contribution in [0.5, 0.6) is 0 Å². The van der Waals surface area contributed by atoms with Gasteiger partial charge >= 0.3 is 0 Å². The van der Waals surface area contributed by atoms with Crippen LogP contribution in [0, 0.1) is 22.7 Å². The molecule has 17 rings (SSSR count). The molecule has 6 heteroatoms. The van der Waals surface area contributed by atoms with Gasteiger partial charge in [-0.05, 0) is 149 Å². The molecule has 0 atom stereocenters. The van der Waals surface area contributed by atoms with Crippen molar-refractivity contribution in [2.24, 2.45) is 0 Å². The highest BCUT2D eigenvalue weighted by Gasteiger charge is 2.32. The van der Waals surface area contributed by atoms with Crippen molar-refractivity contribution >= 4 is 82.4 Å². The van der Waals surface area contributed by atoms with Crippen LogP contribution in [0.4, 0.5) is 0 Å². The molecule has 0 fully saturated rings. The van der Waals surface area contributed by atoms with Crippen molar-refractivity contribution in [3.63, 3.8) is 0 Å².